The van der Waals surface area contributed by atoms with Crippen LogP contribution in [0.25, 0.3) is 0 Å². The number of ether oxygens (including phenoxy) is 2. The minimum atomic E-state index is -0.338. The minimum absolute atomic E-state index is 0.338. The lowest BCUT2D eigenvalue weighted by Crippen LogP contribution is -2.37. The van der Waals surface area contributed by atoms with Crippen LogP contribution in [0.15, 0.2) is 4.99 Å². The van der Waals surface area contributed by atoms with Crippen molar-refractivity contribution in [1.29, 1.82) is 0 Å². The maximum absolute atomic E-state index is 5.40. The highest BCUT2D eigenvalue weighted by Gasteiger charge is 2.17. The zero-order valence-corrected chi connectivity index (χ0v) is 9.20. The van der Waals surface area contributed by atoms with Crippen LogP contribution in [0.3, 0.4) is 0 Å². The van der Waals surface area contributed by atoms with Gasteiger partial charge < -0.3 is 14.4 Å². The molecule has 13 heavy (non-hydrogen) atoms. The smallest absolute Gasteiger partial charge is 0.216 e. The summed E-state index contributed by atoms with van der Waals surface area (Å²) in [5, 5.41) is 0. The molecule has 0 aromatic rings. The zero-order chi connectivity index (χ0) is 10.3. The van der Waals surface area contributed by atoms with Gasteiger partial charge in [0.05, 0.1) is 0 Å². The highest BCUT2D eigenvalue weighted by Crippen LogP contribution is 2.00. The normalized spacial score (nSPS) is 12.3. The predicted molar refractivity (Wildman–Crippen MR) is 54.1 cm³/mol. The third-order valence-corrected chi connectivity index (χ3v) is 1.53. The van der Waals surface area contributed by atoms with Crippen molar-refractivity contribution < 1.29 is 9.47 Å². The number of amidine groups is 1. The lowest BCUT2D eigenvalue weighted by molar-refractivity contribution is -0.0948. The molecule has 0 heterocycles. The number of aliphatic imine (C=N–C) groups is 1. The third kappa shape index (κ3) is 4.24. The van der Waals surface area contributed by atoms with Gasteiger partial charge in [0, 0.05) is 34.4 Å². The van der Waals surface area contributed by atoms with E-state index in [2.05, 4.69) is 4.99 Å². The SMILES string of the molecule is CCOC(OCC)C(=NC)N(C)C. The molecule has 0 rings (SSSR count). The van der Waals surface area contributed by atoms with Crippen LogP contribution in [-0.4, -0.2) is 51.4 Å². The average Bonchev–Trinajstić information content (AvgIpc) is 2.05. The van der Waals surface area contributed by atoms with Crippen LogP contribution in [0.4, 0.5) is 0 Å². The van der Waals surface area contributed by atoms with E-state index in [0.29, 0.717) is 13.2 Å². The molecule has 0 unspecified atom stereocenters. The molecule has 78 valence electrons. The summed E-state index contributed by atoms with van der Waals surface area (Å²) in [6, 6.07) is 0. The maximum Gasteiger partial charge on any atom is 0.216 e. The van der Waals surface area contributed by atoms with E-state index in [-0.39, 0.29) is 6.29 Å². The highest BCUT2D eigenvalue weighted by atomic mass is 16.7. The molecular weight excluding hydrogens is 168 g/mol. The Bertz CT molecular complexity index is 152. The van der Waals surface area contributed by atoms with Gasteiger partial charge in [0.25, 0.3) is 0 Å². The van der Waals surface area contributed by atoms with Crippen LogP contribution < -0.4 is 0 Å². The maximum atomic E-state index is 5.40. The molecule has 0 fully saturated rings. The second kappa shape index (κ2) is 6.86. The first kappa shape index (κ1) is 12.4. The van der Waals surface area contributed by atoms with E-state index in [1.54, 1.807) is 7.05 Å². The second-order valence-electron chi connectivity index (χ2n) is 2.72. The molecule has 0 amide bonds. The second-order valence-corrected chi connectivity index (χ2v) is 2.72. The van der Waals surface area contributed by atoms with E-state index in [4.69, 9.17) is 9.47 Å². The Morgan fingerprint density at radius 2 is 1.69 bits per heavy atom. The summed E-state index contributed by atoms with van der Waals surface area (Å²) in [5.74, 6) is 0.809. The fourth-order valence-corrected chi connectivity index (χ4v) is 1.02. The molecule has 0 saturated heterocycles. The van der Waals surface area contributed by atoms with Gasteiger partial charge >= 0.3 is 0 Å². The molecular formula is C9H20N2O2. The number of nitrogens with zero attached hydrogens (tertiary/aromatic N) is 2. The Kier molecular flexibility index (Phi) is 6.54. The highest BCUT2D eigenvalue weighted by molar-refractivity contribution is 5.84. The van der Waals surface area contributed by atoms with Gasteiger partial charge in [-0.3, -0.25) is 4.99 Å². The number of likely N-dealkylation sites (N-methyl/N-ethyl adjacent to an activating group) is 1. The van der Waals surface area contributed by atoms with E-state index in [1.165, 1.54) is 0 Å². The van der Waals surface area contributed by atoms with Crippen LogP contribution in [0, 0.1) is 0 Å². The summed E-state index contributed by atoms with van der Waals surface area (Å²) in [5.41, 5.74) is 0. The molecule has 0 atom stereocenters. The molecule has 0 aromatic carbocycles. The van der Waals surface area contributed by atoms with Crippen LogP contribution in [0.2, 0.25) is 0 Å². The summed E-state index contributed by atoms with van der Waals surface area (Å²) < 4.78 is 10.8. The van der Waals surface area contributed by atoms with Gasteiger partial charge in [-0.25, -0.2) is 0 Å². The van der Waals surface area contributed by atoms with Crippen molar-refractivity contribution in [3.63, 3.8) is 0 Å². The molecule has 0 aromatic heterocycles. The summed E-state index contributed by atoms with van der Waals surface area (Å²) >= 11 is 0. The Hall–Kier alpha value is -0.610. The van der Waals surface area contributed by atoms with Crippen LogP contribution >= 0.6 is 0 Å². The van der Waals surface area contributed by atoms with Gasteiger partial charge in [0.15, 0.2) is 5.84 Å². The number of hydrogen-bond acceptors (Lipinski definition) is 3. The minimum Gasteiger partial charge on any atom is -0.362 e. The van der Waals surface area contributed by atoms with Crippen molar-refractivity contribution in [2.24, 2.45) is 4.99 Å². The first-order chi connectivity index (χ1) is 6.17. The van der Waals surface area contributed by atoms with Gasteiger partial charge in [-0.2, -0.15) is 0 Å². The molecule has 4 nitrogen and oxygen atoms in total. The van der Waals surface area contributed by atoms with E-state index < -0.39 is 0 Å². The van der Waals surface area contributed by atoms with Gasteiger partial charge in [-0.1, -0.05) is 0 Å². The van der Waals surface area contributed by atoms with Crippen LogP contribution in [0.5, 0.6) is 0 Å². The van der Waals surface area contributed by atoms with Crippen molar-refractivity contribution >= 4 is 5.84 Å². The quantitative estimate of drug-likeness (QED) is 0.366. The summed E-state index contributed by atoms with van der Waals surface area (Å²) in [7, 11) is 5.58. The standard InChI is InChI=1S/C9H20N2O2/c1-6-12-9(13-7-2)8(10-3)11(4)5/h9H,6-7H2,1-5H3. The van der Waals surface area contributed by atoms with Crippen molar-refractivity contribution in [3.05, 3.63) is 0 Å². The Balaban J connectivity index is 4.30. The van der Waals surface area contributed by atoms with Gasteiger partial charge in [-0.15, -0.1) is 0 Å². The fraction of sp³-hybridized carbons (Fsp3) is 0.889. The van der Waals surface area contributed by atoms with Crippen LogP contribution in [-0.2, 0) is 9.47 Å². The predicted octanol–water partition coefficient (Wildman–Crippen LogP) is 0.975. The average molecular weight is 188 g/mol. The lowest BCUT2D eigenvalue weighted by atomic mass is 10.5. The van der Waals surface area contributed by atoms with E-state index in [0.717, 1.165) is 5.84 Å². The molecule has 0 bridgehead atoms. The van der Waals surface area contributed by atoms with E-state index >= 15 is 0 Å². The van der Waals surface area contributed by atoms with Crippen molar-refractivity contribution in [2.45, 2.75) is 20.1 Å². The summed E-state index contributed by atoms with van der Waals surface area (Å²) in [6.45, 7) is 5.12. The zero-order valence-electron chi connectivity index (χ0n) is 9.20. The summed E-state index contributed by atoms with van der Waals surface area (Å²) in [4.78, 5) is 6.02. The Morgan fingerprint density at radius 3 is 1.92 bits per heavy atom. The number of rotatable bonds is 5. The molecule has 0 saturated carbocycles. The largest absolute Gasteiger partial charge is 0.362 e. The molecule has 0 aliphatic heterocycles. The van der Waals surface area contributed by atoms with Crippen molar-refractivity contribution in [2.75, 3.05) is 34.4 Å². The van der Waals surface area contributed by atoms with Crippen molar-refractivity contribution in [3.8, 4) is 0 Å². The topological polar surface area (TPSA) is 34.1 Å². The van der Waals surface area contributed by atoms with Gasteiger partial charge in [0.1, 0.15) is 0 Å². The van der Waals surface area contributed by atoms with E-state index in [9.17, 15) is 0 Å². The molecule has 0 spiro atoms. The fourth-order valence-electron chi connectivity index (χ4n) is 1.02. The Labute approximate surface area is 80.5 Å². The first-order valence-corrected chi connectivity index (χ1v) is 4.54. The van der Waals surface area contributed by atoms with Crippen molar-refractivity contribution in [1.82, 2.24) is 4.90 Å². The summed E-state index contributed by atoms with van der Waals surface area (Å²) in [6.07, 6.45) is -0.338. The monoisotopic (exact) mass is 188 g/mol. The van der Waals surface area contributed by atoms with Gasteiger partial charge in [-0.05, 0) is 13.8 Å². The molecule has 4 heteroatoms. The molecule has 0 aliphatic rings. The third-order valence-electron chi connectivity index (χ3n) is 1.53. The molecule has 0 radical (unpaired) electrons. The van der Waals surface area contributed by atoms with Crippen LogP contribution in [0.1, 0.15) is 13.8 Å². The molecule has 0 aliphatic carbocycles. The molecule has 0 N–H and O–H groups in total. The van der Waals surface area contributed by atoms with E-state index in [1.807, 2.05) is 32.8 Å². The van der Waals surface area contributed by atoms with Gasteiger partial charge in [0.2, 0.25) is 6.29 Å². The first-order valence-electron chi connectivity index (χ1n) is 4.54. The Morgan fingerprint density at radius 1 is 1.23 bits per heavy atom. The number of hydrogen-bond donors (Lipinski definition) is 0. The lowest BCUT2D eigenvalue weighted by Gasteiger charge is -2.23.